The number of hydrogen-bond donors (Lipinski definition) is 1. The van der Waals surface area contributed by atoms with Crippen LogP contribution in [0.15, 0.2) is 54.7 Å². The molecule has 0 radical (unpaired) electrons. The highest BCUT2D eigenvalue weighted by atomic mass is 32.1. The number of Topliss-reactive ketones (excluding diaryl/α,β-unsaturated/α-hetero) is 1. The molecule has 0 spiro atoms. The molecule has 0 atom stereocenters. The van der Waals surface area contributed by atoms with E-state index in [-0.39, 0.29) is 11.2 Å². The quantitative estimate of drug-likeness (QED) is 0.417. The Bertz CT molecular complexity index is 1230. The van der Waals surface area contributed by atoms with Gasteiger partial charge in [0, 0.05) is 23.7 Å². The minimum Gasteiger partial charge on any atom is -0.375 e. The van der Waals surface area contributed by atoms with Gasteiger partial charge < -0.3 is 5.73 Å². The maximum Gasteiger partial charge on any atom is 0.182 e. The number of aromatic nitrogens is 2. The molecule has 2 N–H and O–H groups in total. The van der Waals surface area contributed by atoms with Gasteiger partial charge in [0.25, 0.3) is 0 Å². The van der Waals surface area contributed by atoms with Gasteiger partial charge in [0.05, 0.1) is 0 Å². The number of aryl methyl sites for hydroxylation is 1. The van der Waals surface area contributed by atoms with Gasteiger partial charge in [0.1, 0.15) is 10.3 Å². The van der Waals surface area contributed by atoms with Gasteiger partial charge in [-0.1, -0.05) is 68.5 Å². The minimum atomic E-state index is 0.103. The van der Waals surface area contributed by atoms with E-state index in [1.54, 1.807) is 0 Å². The number of rotatable bonds is 4. The number of hydrogen-bond acceptors (Lipinski definition) is 5. The molecular formula is C25H25N3OS. The maximum atomic E-state index is 13.0. The zero-order chi connectivity index (χ0) is 21.5. The van der Waals surface area contributed by atoms with Crippen molar-refractivity contribution in [3.63, 3.8) is 0 Å². The van der Waals surface area contributed by atoms with Crippen LogP contribution < -0.4 is 5.73 Å². The highest BCUT2D eigenvalue weighted by Gasteiger charge is 2.15. The average molecular weight is 416 g/mol. The van der Waals surface area contributed by atoms with Gasteiger partial charge in [-0.05, 0) is 46.7 Å². The van der Waals surface area contributed by atoms with Gasteiger partial charge >= 0.3 is 0 Å². The molecule has 0 aliphatic rings. The average Bonchev–Trinajstić information content (AvgIpc) is 3.07. The van der Waals surface area contributed by atoms with Crippen molar-refractivity contribution in [3.05, 3.63) is 77.0 Å². The Balaban J connectivity index is 1.61. The Hall–Kier alpha value is -3.05. The molecule has 152 valence electrons. The van der Waals surface area contributed by atoms with Crippen molar-refractivity contribution in [1.29, 1.82) is 0 Å². The topological polar surface area (TPSA) is 68.9 Å². The Morgan fingerprint density at radius 1 is 1.07 bits per heavy atom. The molecule has 2 heterocycles. The number of nitrogen functional groups attached to an aromatic ring is 1. The normalized spacial score (nSPS) is 11.7. The van der Waals surface area contributed by atoms with Gasteiger partial charge in [-0.2, -0.15) is 0 Å². The smallest absolute Gasteiger partial charge is 0.182 e. The van der Waals surface area contributed by atoms with E-state index in [9.17, 15) is 4.79 Å². The molecular weight excluding hydrogens is 390 g/mol. The molecule has 0 aliphatic carbocycles. The highest BCUT2D eigenvalue weighted by Crippen LogP contribution is 2.30. The zero-order valence-electron chi connectivity index (χ0n) is 17.7. The van der Waals surface area contributed by atoms with E-state index in [4.69, 9.17) is 5.73 Å². The summed E-state index contributed by atoms with van der Waals surface area (Å²) in [4.78, 5) is 22.6. The number of thiazole rings is 1. The standard InChI is InChI=1S/C25H25N3OS/c1-15-5-8-17(22(29)11-16-6-9-19(10-7-16)25(2,3)4)12-20(15)18-13-21-23(27-14-18)30-24(26)28-21/h5-10,12-14H,11H2,1-4H3,(H2,26,28). The van der Waals surface area contributed by atoms with Crippen molar-refractivity contribution in [3.8, 4) is 11.1 Å². The van der Waals surface area contributed by atoms with Crippen LogP contribution in [0.2, 0.25) is 0 Å². The van der Waals surface area contributed by atoms with Crippen LogP contribution in [0.3, 0.4) is 0 Å². The lowest BCUT2D eigenvalue weighted by molar-refractivity contribution is 0.0993. The van der Waals surface area contributed by atoms with Crippen LogP contribution in [0, 0.1) is 6.92 Å². The Morgan fingerprint density at radius 2 is 1.80 bits per heavy atom. The van der Waals surface area contributed by atoms with Gasteiger partial charge in [0.2, 0.25) is 0 Å². The number of nitrogens with two attached hydrogens (primary N) is 1. The van der Waals surface area contributed by atoms with Crippen LogP contribution in [0.4, 0.5) is 5.13 Å². The summed E-state index contributed by atoms with van der Waals surface area (Å²) >= 11 is 1.37. The first-order chi connectivity index (χ1) is 14.2. The largest absolute Gasteiger partial charge is 0.375 e. The maximum absolute atomic E-state index is 13.0. The summed E-state index contributed by atoms with van der Waals surface area (Å²) in [5, 5.41) is 0.507. The molecule has 0 aliphatic heterocycles. The minimum absolute atomic E-state index is 0.103. The third-order valence-electron chi connectivity index (χ3n) is 5.32. The van der Waals surface area contributed by atoms with Crippen molar-refractivity contribution >= 4 is 32.6 Å². The summed E-state index contributed by atoms with van der Waals surface area (Å²) in [5.74, 6) is 0.103. The van der Waals surface area contributed by atoms with Crippen molar-refractivity contribution in [2.45, 2.75) is 39.5 Å². The highest BCUT2D eigenvalue weighted by molar-refractivity contribution is 7.21. The molecule has 30 heavy (non-hydrogen) atoms. The summed E-state index contributed by atoms with van der Waals surface area (Å²) in [5.41, 5.74) is 12.7. The van der Waals surface area contributed by atoms with E-state index < -0.39 is 0 Å². The van der Waals surface area contributed by atoms with Crippen molar-refractivity contribution in [2.75, 3.05) is 5.73 Å². The molecule has 0 fully saturated rings. The monoisotopic (exact) mass is 415 g/mol. The van der Waals surface area contributed by atoms with E-state index in [1.807, 2.05) is 37.4 Å². The molecule has 2 aromatic carbocycles. The SMILES string of the molecule is Cc1ccc(C(=O)Cc2ccc(C(C)(C)C)cc2)cc1-c1cnc2sc(N)nc2c1. The van der Waals surface area contributed by atoms with Crippen LogP contribution in [0.1, 0.15) is 47.8 Å². The first-order valence-electron chi connectivity index (χ1n) is 9.96. The fraction of sp³-hybridized carbons (Fsp3) is 0.240. The Labute approximate surface area is 180 Å². The third kappa shape index (κ3) is 4.12. The van der Waals surface area contributed by atoms with Crippen LogP contribution in [0.5, 0.6) is 0 Å². The van der Waals surface area contributed by atoms with Gasteiger partial charge in [-0.25, -0.2) is 9.97 Å². The van der Waals surface area contributed by atoms with Crippen LogP contribution in [-0.4, -0.2) is 15.8 Å². The molecule has 2 aromatic heterocycles. The number of benzene rings is 2. The summed E-state index contributed by atoms with van der Waals surface area (Å²) in [6, 6.07) is 16.2. The zero-order valence-corrected chi connectivity index (χ0v) is 18.5. The van der Waals surface area contributed by atoms with Crippen molar-refractivity contribution < 1.29 is 4.79 Å². The molecule has 5 heteroatoms. The number of anilines is 1. The second-order valence-corrected chi connectivity index (χ2v) is 9.69. The van der Waals surface area contributed by atoms with Gasteiger partial charge in [0.15, 0.2) is 10.9 Å². The fourth-order valence-corrected chi connectivity index (χ4v) is 4.16. The molecule has 0 saturated carbocycles. The summed E-state index contributed by atoms with van der Waals surface area (Å²) in [7, 11) is 0. The number of nitrogens with zero attached hydrogens (tertiary/aromatic N) is 2. The number of carbonyl (C=O) groups is 1. The van der Waals surface area contributed by atoms with Crippen LogP contribution in [0.25, 0.3) is 21.5 Å². The lowest BCUT2D eigenvalue weighted by atomic mass is 9.86. The van der Waals surface area contributed by atoms with E-state index >= 15 is 0 Å². The molecule has 0 saturated heterocycles. The molecule has 0 unspecified atom stereocenters. The van der Waals surface area contributed by atoms with Crippen LogP contribution in [-0.2, 0) is 11.8 Å². The first-order valence-corrected chi connectivity index (χ1v) is 10.8. The van der Waals surface area contributed by atoms with Crippen molar-refractivity contribution in [1.82, 2.24) is 9.97 Å². The second kappa shape index (κ2) is 7.65. The molecule has 0 bridgehead atoms. The lowest BCUT2D eigenvalue weighted by Gasteiger charge is -2.19. The van der Waals surface area contributed by atoms with Crippen molar-refractivity contribution in [2.24, 2.45) is 0 Å². The molecule has 4 aromatic rings. The van der Waals surface area contributed by atoms with E-state index in [0.29, 0.717) is 17.1 Å². The van der Waals surface area contributed by atoms with Gasteiger partial charge in [-0.15, -0.1) is 0 Å². The summed E-state index contributed by atoms with van der Waals surface area (Å²) in [6.45, 7) is 8.60. The molecule has 4 nitrogen and oxygen atoms in total. The van der Waals surface area contributed by atoms with E-state index in [2.05, 4.69) is 55.0 Å². The van der Waals surface area contributed by atoms with Crippen LogP contribution >= 0.6 is 11.3 Å². The molecule has 4 rings (SSSR count). The molecule has 0 amide bonds. The Kier molecular flexibility index (Phi) is 5.16. The number of fused-ring (bicyclic) bond motifs is 1. The second-order valence-electron chi connectivity index (χ2n) is 8.68. The predicted molar refractivity (Wildman–Crippen MR) is 125 cm³/mol. The number of pyridine rings is 1. The summed E-state index contributed by atoms with van der Waals surface area (Å²) in [6.07, 6.45) is 2.20. The lowest BCUT2D eigenvalue weighted by Crippen LogP contribution is -2.11. The number of carbonyl (C=O) groups excluding carboxylic acids is 1. The Morgan fingerprint density at radius 3 is 2.50 bits per heavy atom. The summed E-state index contributed by atoms with van der Waals surface area (Å²) < 4.78 is 0. The van der Waals surface area contributed by atoms with Gasteiger partial charge in [-0.3, -0.25) is 4.79 Å². The van der Waals surface area contributed by atoms with E-state index in [0.717, 1.165) is 32.6 Å². The third-order valence-corrected chi connectivity index (χ3v) is 6.13. The fourth-order valence-electron chi connectivity index (χ4n) is 3.50. The number of ketones is 1. The first kappa shape index (κ1) is 20.2. The predicted octanol–water partition coefficient (Wildman–Crippen LogP) is 5.97. The van der Waals surface area contributed by atoms with E-state index in [1.165, 1.54) is 16.9 Å².